The summed E-state index contributed by atoms with van der Waals surface area (Å²) in [6, 6.07) is 3.88. The smallest absolute Gasteiger partial charge is 0.122 e. The monoisotopic (exact) mass is 193 g/mol. The van der Waals surface area contributed by atoms with Gasteiger partial charge in [-0.15, -0.1) is 0 Å². The highest BCUT2D eigenvalue weighted by atomic mass is 32.1. The van der Waals surface area contributed by atoms with Gasteiger partial charge in [-0.05, 0) is 49.3 Å². The number of ether oxygens (including phenoxy) is 1. The number of methoxy groups -OCH3 is 1. The molecule has 0 fully saturated rings. The maximum Gasteiger partial charge on any atom is 0.122 e. The third kappa shape index (κ3) is 2.14. The van der Waals surface area contributed by atoms with E-state index >= 15 is 0 Å². The van der Waals surface area contributed by atoms with Gasteiger partial charge < -0.3 is 4.74 Å². The van der Waals surface area contributed by atoms with Crippen molar-refractivity contribution in [3.8, 4) is 5.75 Å². The first-order valence-electron chi connectivity index (χ1n) is 3.92. The largest absolute Gasteiger partial charge is 0.496 e. The van der Waals surface area contributed by atoms with E-state index in [0.717, 1.165) is 22.6 Å². The number of thiocarbonyl (C=S) groups is 1. The van der Waals surface area contributed by atoms with Crippen LogP contribution in [0.1, 0.15) is 11.1 Å². The Kier molecular flexibility index (Phi) is 3.18. The summed E-state index contributed by atoms with van der Waals surface area (Å²) < 4.78 is 5.17. The lowest BCUT2D eigenvalue weighted by Crippen LogP contribution is -1.88. The normalized spacial score (nSPS) is 9.15. The van der Waals surface area contributed by atoms with E-state index in [0.29, 0.717) is 0 Å². The number of benzene rings is 1. The molecule has 0 atom stereocenters. The maximum atomic E-state index is 5.17. The Morgan fingerprint density at radius 2 is 2.00 bits per heavy atom. The summed E-state index contributed by atoms with van der Waals surface area (Å²) in [6.45, 7) is 3.94. The van der Waals surface area contributed by atoms with Gasteiger partial charge >= 0.3 is 0 Å². The Hall–Kier alpha value is -1.18. The van der Waals surface area contributed by atoms with E-state index in [2.05, 4.69) is 22.4 Å². The molecule has 0 N–H and O–H groups in total. The summed E-state index contributed by atoms with van der Waals surface area (Å²) >= 11 is 4.55. The molecule has 0 aliphatic rings. The van der Waals surface area contributed by atoms with Crippen molar-refractivity contribution in [2.24, 2.45) is 4.99 Å². The minimum atomic E-state index is 0.855. The lowest BCUT2D eigenvalue weighted by molar-refractivity contribution is 0.411. The van der Waals surface area contributed by atoms with Gasteiger partial charge in [-0.3, -0.25) is 0 Å². The molecule has 0 saturated heterocycles. The molecule has 1 aromatic carbocycles. The summed E-state index contributed by atoms with van der Waals surface area (Å²) in [5.41, 5.74) is 2.95. The van der Waals surface area contributed by atoms with Gasteiger partial charge in [0.25, 0.3) is 0 Å². The molecule has 0 aliphatic heterocycles. The molecule has 0 spiro atoms. The van der Waals surface area contributed by atoms with Crippen molar-refractivity contribution in [3.05, 3.63) is 23.3 Å². The molecular formula is C10H11NOS. The van der Waals surface area contributed by atoms with Crippen molar-refractivity contribution < 1.29 is 4.74 Å². The van der Waals surface area contributed by atoms with Crippen molar-refractivity contribution in [2.75, 3.05) is 7.11 Å². The van der Waals surface area contributed by atoms with E-state index in [4.69, 9.17) is 4.74 Å². The Labute approximate surface area is 83.3 Å². The first-order valence-corrected chi connectivity index (χ1v) is 4.33. The number of aliphatic imine (C=N–C) groups is 1. The number of rotatable bonds is 2. The molecule has 0 heterocycles. The predicted molar refractivity (Wildman–Crippen MR) is 57.2 cm³/mol. The summed E-state index contributed by atoms with van der Waals surface area (Å²) in [5.74, 6) is 0.876. The zero-order valence-electron chi connectivity index (χ0n) is 7.92. The van der Waals surface area contributed by atoms with Crippen LogP contribution in [0.3, 0.4) is 0 Å². The van der Waals surface area contributed by atoms with Crippen LogP contribution in [-0.4, -0.2) is 12.3 Å². The number of nitrogens with zero attached hydrogens (tertiary/aromatic N) is 1. The highest BCUT2D eigenvalue weighted by Gasteiger charge is 2.02. The Morgan fingerprint density at radius 3 is 2.54 bits per heavy atom. The van der Waals surface area contributed by atoms with Crippen LogP contribution in [-0.2, 0) is 0 Å². The summed E-state index contributed by atoms with van der Waals surface area (Å²) in [7, 11) is 1.66. The average Bonchev–Trinajstić information content (AvgIpc) is 2.11. The van der Waals surface area contributed by atoms with Gasteiger partial charge in [-0.25, -0.2) is 0 Å². The molecule has 0 bridgehead atoms. The molecule has 1 aromatic rings. The third-order valence-corrected chi connectivity index (χ3v) is 1.97. The van der Waals surface area contributed by atoms with E-state index in [1.807, 2.05) is 26.0 Å². The molecule has 1 rings (SSSR count). The number of isothiocyanates is 1. The molecule has 0 aromatic heterocycles. The molecule has 0 amide bonds. The van der Waals surface area contributed by atoms with E-state index in [-0.39, 0.29) is 0 Å². The van der Waals surface area contributed by atoms with Gasteiger partial charge in [0.15, 0.2) is 0 Å². The van der Waals surface area contributed by atoms with Gasteiger partial charge in [0.1, 0.15) is 5.75 Å². The molecule has 13 heavy (non-hydrogen) atoms. The summed E-state index contributed by atoms with van der Waals surface area (Å²) in [5, 5.41) is 2.36. The Bertz CT molecular complexity index is 367. The van der Waals surface area contributed by atoms with Crippen LogP contribution in [0.15, 0.2) is 17.1 Å². The van der Waals surface area contributed by atoms with Gasteiger partial charge in [-0.1, -0.05) is 0 Å². The van der Waals surface area contributed by atoms with Crippen LogP contribution in [0.25, 0.3) is 0 Å². The van der Waals surface area contributed by atoms with E-state index in [1.54, 1.807) is 7.11 Å². The highest BCUT2D eigenvalue weighted by molar-refractivity contribution is 7.78. The Morgan fingerprint density at radius 1 is 1.31 bits per heavy atom. The summed E-state index contributed by atoms with van der Waals surface area (Å²) in [6.07, 6.45) is 0. The van der Waals surface area contributed by atoms with Crippen LogP contribution < -0.4 is 4.74 Å². The molecule has 68 valence electrons. The second-order valence-electron chi connectivity index (χ2n) is 2.81. The quantitative estimate of drug-likeness (QED) is 0.532. The third-order valence-electron chi connectivity index (χ3n) is 1.88. The van der Waals surface area contributed by atoms with E-state index in [9.17, 15) is 0 Å². The molecule has 0 aliphatic carbocycles. The average molecular weight is 193 g/mol. The molecule has 0 radical (unpaired) electrons. The van der Waals surface area contributed by atoms with E-state index in [1.165, 1.54) is 0 Å². The van der Waals surface area contributed by atoms with Crippen LogP contribution in [0.5, 0.6) is 5.75 Å². The minimum absolute atomic E-state index is 0.855. The number of hydrogen-bond donors (Lipinski definition) is 0. The minimum Gasteiger partial charge on any atom is -0.496 e. The second-order valence-corrected chi connectivity index (χ2v) is 2.99. The molecule has 0 saturated carbocycles. The van der Waals surface area contributed by atoms with Crippen molar-refractivity contribution in [1.82, 2.24) is 0 Å². The van der Waals surface area contributed by atoms with Crippen molar-refractivity contribution in [1.29, 1.82) is 0 Å². The van der Waals surface area contributed by atoms with Crippen LogP contribution >= 0.6 is 12.2 Å². The lowest BCUT2D eigenvalue weighted by atomic mass is 10.1. The highest BCUT2D eigenvalue weighted by Crippen LogP contribution is 2.27. The van der Waals surface area contributed by atoms with Gasteiger partial charge in [-0.2, -0.15) is 4.99 Å². The molecule has 2 nitrogen and oxygen atoms in total. The van der Waals surface area contributed by atoms with Crippen molar-refractivity contribution in [2.45, 2.75) is 13.8 Å². The SMILES string of the molecule is COc1cc(C)c(N=C=S)cc1C. The standard InChI is InChI=1S/C10H11NOS/c1-7-5-10(12-3)8(2)4-9(7)11-6-13/h4-5H,1-3H3. The van der Waals surface area contributed by atoms with Crippen LogP contribution in [0, 0.1) is 13.8 Å². The summed E-state index contributed by atoms with van der Waals surface area (Å²) in [4.78, 5) is 3.95. The van der Waals surface area contributed by atoms with E-state index < -0.39 is 0 Å². The Balaban J connectivity index is 3.27. The van der Waals surface area contributed by atoms with Crippen LogP contribution in [0.4, 0.5) is 5.69 Å². The van der Waals surface area contributed by atoms with Gasteiger partial charge in [0, 0.05) is 0 Å². The zero-order chi connectivity index (χ0) is 9.84. The fourth-order valence-corrected chi connectivity index (χ4v) is 1.26. The van der Waals surface area contributed by atoms with Crippen molar-refractivity contribution in [3.63, 3.8) is 0 Å². The predicted octanol–water partition coefficient (Wildman–Crippen LogP) is 3.05. The molecule has 3 heteroatoms. The van der Waals surface area contributed by atoms with Crippen molar-refractivity contribution >= 4 is 23.1 Å². The van der Waals surface area contributed by atoms with Gasteiger partial charge in [0.2, 0.25) is 0 Å². The fourth-order valence-electron chi connectivity index (χ4n) is 1.16. The maximum absolute atomic E-state index is 5.17. The van der Waals surface area contributed by atoms with Crippen LogP contribution in [0.2, 0.25) is 0 Å². The number of aryl methyl sites for hydroxylation is 2. The lowest BCUT2D eigenvalue weighted by Gasteiger charge is -2.06. The molecular weight excluding hydrogens is 182 g/mol. The zero-order valence-corrected chi connectivity index (χ0v) is 8.73. The first-order chi connectivity index (χ1) is 6.19. The van der Waals surface area contributed by atoms with Gasteiger partial charge in [0.05, 0.1) is 18.0 Å². The fraction of sp³-hybridized carbons (Fsp3) is 0.300. The topological polar surface area (TPSA) is 21.6 Å². The molecule has 0 unspecified atom stereocenters. The first kappa shape index (κ1) is 9.90. The number of hydrogen-bond acceptors (Lipinski definition) is 3. The second kappa shape index (κ2) is 4.17.